The van der Waals surface area contributed by atoms with E-state index < -0.39 is 17.6 Å². The number of nitrogens with one attached hydrogen (secondary N) is 1. The van der Waals surface area contributed by atoms with Gasteiger partial charge in [-0.05, 0) is 31.5 Å². The van der Waals surface area contributed by atoms with Crippen molar-refractivity contribution in [3.8, 4) is 0 Å². The minimum absolute atomic E-state index is 0.0194. The van der Waals surface area contributed by atoms with Crippen LogP contribution in [0.1, 0.15) is 18.9 Å². The van der Waals surface area contributed by atoms with Crippen LogP contribution in [0.4, 0.5) is 23.2 Å². The van der Waals surface area contributed by atoms with Gasteiger partial charge in [0.15, 0.2) is 0 Å². The van der Waals surface area contributed by atoms with E-state index in [1.807, 2.05) is 6.92 Å². The smallest absolute Gasteiger partial charge is 0.382 e. The molecule has 2 rings (SSSR count). The summed E-state index contributed by atoms with van der Waals surface area (Å²) in [5, 5.41) is 2.98. The Bertz CT molecular complexity index is 441. The normalized spacial score (nSPS) is 21.4. The molecule has 1 saturated heterocycles. The average molecular weight is 277 g/mol. The van der Waals surface area contributed by atoms with Gasteiger partial charge >= 0.3 is 6.18 Å². The van der Waals surface area contributed by atoms with E-state index in [0.717, 1.165) is 18.6 Å². The van der Waals surface area contributed by atoms with Crippen molar-refractivity contribution in [2.45, 2.75) is 25.6 Å². The Kier molecular flexibility index (Phi) is 3.99. The predicted molar refractivity (Wildman–Crippen MR) is 63.4 cm³/mol. The molecule has 0 bridgehead atoms. The fourth-order valence-electron chi connectivity index (χ4n) is 2.16. The number of anilines is 1. The Morgan fingerprint density at radius 1 is 1.37 bits per heavy atom. The summed E-state index contributed by atoms with van der Waals surface area (Å²) in [4.78, 5) is 0. The van der Waals surface area contributed by atoms with Crippen LogP contribution in [0.2, 0.25) is 0 Å². The van der Waals surface area contributed by atoms with Crippen LogP contribution in [0, 0.1) is 11.7 Å². The molecule has 0 radical (unpaired) electrons. The van der Waals surface area contributed by atoms with Gasteiger partial charge in [0.2, 0.25) is 0 Å². The van der Waals surface area contributed by atoms with Gasteiger partial charge < -0.3 is 10.1 Å². The average Bonchev–Trinajstić information content (AvgIpc) is 2.83. The first-order valence-corrected chi connectivity index (χ1v) is 6.09. The second-order valence-corrected chi connectivity index (χ2v) is 4.75. The van der Waals surface area contributed by atoms with Crippen LogP contribution in [0.25, 0.3) is 0 Å². The largest absolute Gasteiger partial charge is 0.419 e. The maximum atomic E-state index is 13.1. The van der Waals surface area contributed by atoms with Crippen molar-refractivity contribution in [2.75, 3.05) is 18.5 Å². The molecule has 0 aliphatic carbocycles. The standard InChI is InChI=1S/C13H15F4NO/c1-8(9-4-5-19-7-9)18-10-2-3-12(14)11(6-10)13(15,16)17/h2-3,6,8-9,18H,4-5,7H2,1H3. The molecule has 1 N–H and O–H groups in total. The lowest BCUT2D eigenvalue weighted by Gasteiger charge is -2.21. The number of hydrogen-bond donors (Lipinski definition) is 1. The zero-order valence-electron chi connectivity index (χ0n) is 10.4. The SMILES string of the molecule is CC(Nc1ccc(F)c(C(F)(F)F)c1)C1CCOC1. The van der Waals surface area contributed by atoms with Crippen molar-refractivity contribution in [1.82, 2.24) is 0 Å². The molecule has 106 valence electrons. The van der Waals surface area contributed by atoms with E-state index in [0.29, 0.717) is 13.2 Å². The summed E-state index contributed by atoms with van der Waals surface area (Å²) < 4.78 is 56.1. The molecule has 19 heavy (non-hydrogen) atoms. The molecule has 2 nitrogen and oxygen atoms in total. The van der Waals surface area contributed by atoms with Gasteiger partial charge in [-0.3, -0.25) is 0 Å². The lowest BCUT2D eigenvalue weighted by molar-refractivity contribution is -0.139. The molecule has 6 heteroatoms. The van der Waals surface area contributed by atoms with Gasteiger partial charge in [-0.15, -0.1) is 0 Å². The summed E-state index contributed by atoms with van der Waals surface area (Å²) in [6.45, 7) is 3.16. The second-order valence-electron chi connectivity index (χ2n) is 4.75. The Balaban J connectivity index is 2.12. The maximum absolute atomic E-state index is 13.1. The Hall–Kier alpha value is -1.30. The third kappa shape index (κ3) is 3.37. The summed E-state index contributed by atoms with van der Waals surface area (Å²) in [6.07, 6.45) is -3.80. The van der Waals surface area contributed by atoms with E-state index in [9.17, 15) is 17.6 Å². The highest BCUT2D eigenvalue weighted by Gasteiger charge is 2.34. The van der Waals surface area contributed by atoms with Gasteiger partial charge in [-0.2, -0.15) is 13.2 Å². The van der Waals surface area contributed by atoms with Crippen molar-refractivity contribution < 1.29 is 22.3 Å². The highest BCUT2D eigenvalue weighted by Crippen LogP contribution is 2.33. The molecule has 1 heterocycles. The molecule has 0 saturated carbocycles. The summed E-state index contributed by atoms with van der Waals surface area (Å²) in [5.41, 5.74) is -0.972. The lowest BCUT2D eigenvalue weighted by atomic mass is 10.0. The highest BCUT2D eigenvalue weighted by molar-refractivity contribution is 5.47. The van der Waals surface area contributed by atoms with Crippen LogP contribution in [-0.2, 0) is 10.9 Å². The third-order valence-electron chi connectivity index (χ3n) is 3.34. The van der Waals surface area contributed by atoms with Crippen molar-refractivity contribution in [1.29, 1.82) is 0 Å². The summed E-state index contributed by atoms with van der Waals surface area (Å²) in [7, 11) is 0. The number of hydrogen-bond acceptors (Lipinski definition) is 2. The van der Waals surface area contributed by atoms with E-state index in [1.165, 1.54) is 6.07 Å². The van der Waals surface area contributed by atoms with E-state index in [4.69, 9.17) is 4.74 Å². The molecule has 2 atom stereocenters. The van der Waals surface area contributed by atoms with Crippen LogP contribution >= 0.6 is 0 Å². The minimum atomic E-state index is -4.68. The number of benzene rings is 1. The zero-order chi connectivity index (χ0) is 14.0. The van der Waals surface area contributed by atoms with Crippen molar-refractivity contribution >= 4 is 5.69 Å². The lowest BCUT2D eigenvalue weighted by Crippen LogP contribution is -2.26. The molecule has 0 amide bonds. The number of alkyl halides is 3. The molecule has 2 unspecified atom stereocenters. The van der Waals surface area contributed by atoms with Gasteiger partial charge in [-0.1, -0.05) is 0 Å². The first kappa shape index (κ1) is 14.1. The van der Waals surface area contributed by atoms with Crippen LogP contribution in [0.3, 0.4) is 0 Å². The molecule has 1 aliphatic heterocycles. The summed E-state index contributed by atoms with van der Waals surface area (Å²) >= 11 is 0. The predicted octanol–water partition coefficient (Wildman–Crippen LogP) is 3.68. The molecular weight excluding hydrogens is 262 g/mol. The molecule has 1 aromatic carbocycles. The van der Waals surface area contributed by atoms with Gasteiger partial charge in [-0.25, -0.2) is 4.39 Å². The van der Waals surface area contributed by atoms with Crippen molar-refractivity contribution in [3.63, 3.8) is 0 Å². The highest BCUT2D eigenvalue weighted by atomic mass is 19.4. The van der Waals surface area contributed by atoms with Crippen LogP contribution in [-0.4, -0.2) is 19.3 Å². The summed E-state index contributed by atoms with van der Waals surface area (Å²) in [6, 6.07) is 2.94. The molecular formula is C13H15F4NO. The monoisotopic (exact) mass is 277 g/mol. The van der Waals surface area contributed by atoms with Gasteiger partial charge in [0.25, 0.3) is 0 Å². The van der Waals surface area contributed by atoms with Gasteiger partial charge in [0.05, 0.1) is 12.2 Å². The Labute approximate surface area is 108 Å². The molecule has 0 aromatic heterocycles. The summed E-state index contributed by atoms with van der Waals surface area (Å²) in [5.74, 6) is -0.991. The fraction of sp³-hybridized carbons (Fsp3) is 0.538. The fourth-order valence-corrected chi connectivity index (χ4v) is 2.16. The first-order chi connectivity index (χ1) is 8.88. The zero-order valence-corrected chi connectivity index (χ0v) is 10.4. The van der Waals surface area contributed by atoms with Crippen LogP contribution in [0.5, 0.6) is 0 Å². The number of ether oxygens (including phenoxy) is 1. The van der Waals surface area contributed by atoms with E-state index in [-0.39, 0.29) is 17.6 Å². The van der Waals surface area contributed by atoms with Crippen molar-refractivity contribution in [3.05, 3.63) is 29.6 Å². The van der Waals surface area contributed by atoms with E-state index in [2.05, 4.69) is 5.32 Å². The molecule has 1 aromatic rings. The van der Waals surface area contributed by atoms with E-state index in [1.54, 1.807) is 0 Å². The minimum Gasteiger partial charge on any atom is -0.382 e. The third-order valence-corrected chi connectivity index (χ3v) is 3.34. The molecule has 1 aliphatic rings. The van der Waals surface area contributed by atoms with Crippen LogP contribution < -0.4 is 5.32 Å². The molecule has 1 fully saturated rings. The number of halogens is 4. The number of rotatable bonds is 3. The van der Waals surface area contributed by atoms with Gasteiger partial charge in [0.1, 0.15) is 5.82 Å². The van der Waals surface area contributed by atoms with Crippen LogP contribution in [0.15, 0.2) is 18.2 Å². The van der Waals surface area contributed by atoms with Gasteiger partial charge in [0, 0.05) is 24.3 Å². The van der Waals surface area contributed by atoms with E-state index >= 15 is 0 Å². The molecule has 0 spiro atoms. The Morgan fingerprint density at radius 2 is 2.11 bits per heavy atom. The topological polar surface area (TPSA) is 21.3 Å². The second kappa shape index (κ2) is 5.36. The first-order valence-electron chi connectivity index (χ1n) is 6.09. The maximum Gasteiger partial charge on any atom is 0.419 e. The Morgan fingerprint density at radius 3 is 2.68 bits per heavy atom. The quantitative estimate of drug-likeness (QED) is 0.851. The van der Waals surface area contributed by atoms with Crippen molar-refractivity contribution in [2.24, 2.45) is 5.92 Å².